The summed E-state index contributed by atoms with van der Waals surface area (Å²) in [4.78, 5) is 19.9. The minimum absolute atomic E-state index is 0.113. The summed E-state index contributed by atoms with van der Waals surface area (Å²) in [6.07, 6.45) is 0.722. The number of nitrogens with zero attached hydrogens (tertiary/aromatic N) is 3. The van der Waals surface area contributed by atoms with Crippen molar-refractivity contribution >= 4 is 11.7 Å². The van der Waals surface area contributed by atoms with Gasteiger partial charge in [-0.3, -0.25) is 4.90 Å². The maximum atomic E-state index is 16.2. The molecule has 5 rings (SSSR count). The lowest BCUT2D eigenvalue weighted by Crippen LogP contribution is -2.37. The number of aryl methyl sites for hydroxylation is 1. The van der Waals surface area contributed by atoms with Crippen molar-refractivity contribution in [2.24, 2.45) is 5.73 Å². The molecule has 0 spiro atoms. The van der Waals surface area contributed by atoms with Crippen LogP contribution in [0.25, 0.3) is 11.1 Å². The molecule has 0 bridgehead atoms. The highest BCUT2D eigenvalue weighted by Gasteiger charge is 2.34. The van der Waals surface area contributed by atoms with Crippen LogP contribution in [0, 0.1) is 18.6 Å². The Hall–Kier alpha value is -4.54. The van der Waals surface area contributed by atoms with Crippen LogP contribution in [0.4, 0.5) is 14.5 Å². The second-order valence-corrected chi connectivity index (χ2v) is 10.7. The van der Waals surface area contributed by atoms with Crippen molar-refractivity contribution in [3.05, 3.63) is 95.1 Å². The van der Waals surface area contributed by atoms with Crippen molar-refractivity contribution in [1.29, 1.82) is 0 Å². The number of nitrogens with two attached hydrogens (primary N) is 1. The van der Waals surface area contributed by atoms with E-state index in [1.54, 1.807) is 36.1 Å². The fourth-order valence-electron chi connectivity index (χ4n) is 5.61. The van der Waals surface area contributed by atoms with Crippen LogP contribution in [0.3, 0.4) is 0 Å². The van der Waals surface area contributed by atoms with Crippen molar-refractivity contribution < 1.29 is 28.2 Å². The van der Waals surface area contributed by atoms with Crippen LogP contribution in [-0.2, 0) is 6.54 Å². The first-order valence-electron chi connectivity index (χ1n) is 14.7. The molecule has 0 saturated carbocycles. The van der Waals surface area contributed by atoms with Crippen molar-refractivity contribution in [2.75, 3.05) is 31.1 Å². The van der Waals surface area contributed by atoms with E-state index in [1.165, 1.54) is 12.1 Å². The van der Waals surface area contributed by atoms with E-state index >= 15 is 8.78 Å². The predicted octanol–water partition coefficient (Wildman–Crippen LogP) is 7.00. The van der Waals surface area contributed by atoms with Gasteiger partial charge in [-0.1, -0.05) is 50.2 Å². The van der Waals surface area contributed by atoms with Crippen molar-refractivity contribution in [1.82, 2.24) is 9.88 Å². The first-order chi connectivity index (χ1) is 21.2. The van der Waals surface area contributed by atoms with Gasteiger partial charge in [-0.25, -0.2) is 4.79 Å². The molecule has 2 heterocycles. The molecule has 4 aromatic rings. The molecule has 44 heavy (non-hydrogen) atoms. The van der Waals surface area contributed by atoms with Gasteiger partial charge in [-0.15, -0.1) is 0 Å². The Bertz CT molecular complexity index is 1660. The zero-order valence-corrected chi connectivity index (χ0v) is 25.0. The number of anilines is 1. The fraction of sp³-hybridized carbons (Fsp3) is 0.294. The van der Waals surface area contributed by atoms with Gasteiger partial charge in [0.15, 0.2) is 0 Å². The number of carbonyl (C=O) groups is 1. The summed E-state index contributed by atoms with van der Waals surface area (Å²) in [6, 6.07) is 19.3. The van der Waals surface area contributed by atoms with E-state index in [0.29, 0.717) is 25.2 Å². The molecule has 1 atom stereocenters. The lowest BCUT2D eigenvalue weighted by Gasteiger charge is -2.27. The summed E-state index contributed by atoms with van der Waals surface area (Å²) >= 11 is 0. The maximum absolute atomic E-state index is 16.2. The van der Waals surface area contributed by atoms with Gasteiger partial charge in [-0.05, 0) is 79.0 Å². The molecule has 1 unspecified atom stereocenters. The second-order valence-electron chi connectivity index (χ2n) is 10.7. The molecule has 0 amide bonds. The highest BCUT2D eigenvalue weighted by Crippen LogP contribution is 2.40. The van der Waals surface area contributed by atoms with Gasteiger partial charge in [0.2, 0.25) is 11.6 Å². The standard InChI is InChI=1S/C34H36F2N4O4/c1-4-39(5-2)25-14-15-40(20-25)31-29(35)32(38-33(30(31)36)44-28-16-21(3)12-13-27(28)34(41)42)43-26-11-7-10-24(18-26)23-9-6-8-22(17-23)19-37/h6-13,16-18,25H,4-5,14-15,19-20,37H2,1-3H3,(H,41,42). The number of carboxylic acids is 1. The fourth-order valence-corrected chi connectivity index (χ4v) is 5.61. The Balaban J connectivity index is 1.57. The number of carboxylic acid groups (broad SMARTS) is 1. The molecule has 10 heteroatoms. The van der Waals surface area contributed by atoms with Crippen LogP contribution in [0.2, 0.25) is 0 Å². The van der Waals surface area contributed by atoms with E-state index < -0.39 is 29.4 Å². The molecule has 1 saturated heterocycles. The third kappa shape index (κ3) is 6.51. The monoisotopic (exact) mass is 602 g/mol. The summed E-state index contributed by atoms with van der Waals surface area (Å²) in [5.74, 6) is -4.15. The Morgan fingerprint density at radius 3 is 2.36 bits per heavy atom. The quantitative estimate of drug-likeness (QED) is 0.189. The molecule has 3 aromatic carbocycles. The van der Waals surface area contributed by atoms with Gasteiger partial charge >= 0.3 is 5.97 Å². The molecule has 1 fully saturated rings. The average Bonchev–Trinajstić information content (AvgIpc) is 3.49. The molecular formula is C34H36F2N4O4. The zero-order valence-electron chi connectivity index (χ0n) is 25.0. The lowest BCUT2D eigenvalue weighted by atomic mass is 10.0. The number of ether oxygens (including phenoxy) is 2. The molecule has 0 radical (unpaired) electrons. The highest BCUT2D eigenvalue weighted by molar-refractivity contribution is 5.91. The van der Waals surface area contributed by atoms with E-state index in [-0.39, 0.29) is 28.8 Å². The first-order valence-corrected chi connectivity index (χ1v) is 14.7. The van der Waals surface area contributed by atoms with Gasteiger partial charge in [0.05, 0.1) is 0 Å². The molecule has 0 aliphatic carbocycles. The average molecular weight is 603 g/mol. The van der Waals surface area contributed by atoms with Crippen molar-refractivity contribution in [2.45, 2.75) is 39.8 Å². The third-order valence-corrected chi connectivity index (χ3v) is 7.92. The van der Waals surface area contributed by atoms with Crippen molar-refractivity contribution in [3.63, 3.8) is 0 Å². The summed E-state index contributed by atoms with van der Waals surface area (Å²) in [5, 5.41) is 9.71. The van der Waals surface area contributed by atoms with Crippen LogP contribution in [0.5, 0.6) is 23.3 Å². The molecule has 3 N–H and O–H groups in total. The molecule has 1 aromatic heterocycles. The Labute approximate surface area is 255 Å². The minimum Gasteiger partial charge on any atom is -0.478 e. The number of likely N-dealkylation sites (N-methyl/N-ethyl adjacent to an activating group) is 1. The second kappa shape index (κ2) is 13.4. The summed E-state index contributed by atoms with van der Waals surface area (Å²) in [6.45, 7) is 8.69. The molecule has 8 nitrogen and oxygen atoms in total. The van der Waals surface area contributed by atoms with Crippen LogP contribution < -0.4 is 20.1 Å². The van der Waals surface area contributed by atoms with E-state index in [2.05, 4.69) is 23.7 Å². The van der Waals surface area contributed by atoms with Gasteiger partial charge in [0.25, 0.3) is 11.8 Å². The first kappa shape index (κ1) is 30.9. The lowest BCUT2D eigenvalue weighted by molar-refractivity contribution is 0.0694. The SMILES string of the molecule is CCN(CC)C1CCN(c2c(F)c(Oc3cccc(-c4cccc(CN)c4)c3)nc(Oc3cc(C)ccc3C(=O)O)c2F)C1. The topological polar surface area (TPSA) is 101 Å². The normalized spacial score (nSPS) is 14.7. The van der Waals surface area contributed by atoms with E-state index in [9.17, 15) is 9.90 Å². The van der Waals surface area contributed by atoms with Crippen molar-refractivity contribution in [3.8, 4) is 34.4 Å². The number of rotatable bonds is 11. The number of aromatic carboxylic acids is 1. The summed E-state index contributed by atoms with van der Waals surface area (Å²) < 4.78 is 44.2. The van der Waals surface area contributed by atoms with Crippen LogP contribution >= 0.6 is 0 Å². The zero-order chi connectivity index (χ0) is 31.4. The molecule has 1 aliphatic heterocycles. The summed E-state index contributed by atoms with van der Waals surface area (Å²) in [5.41, 5.74) is 8.67. The maximum Gasteiger partial charge on any atom is 0.339 e. The minimum atomic E-state index is -1.25. The van der Waals surface area contributed by atoms with Crippen LogP contribution in [-0.4, -0.2) is 53.2 Å². The Kier molecular flexibility index (Phi) is 9.41. The predicted molar refractivity (Wildman–Crippen MR) is 166 cm³/mol. The number of hydrogen-bond acceptors (Lipinski definition) is 7. The Morgan fingerprint density at radius 2 is 1.68 bits per heavy atom. The Morgan fingerprint density at radius 1 is 1.00 bits per heavy atom. The number of aromatic nitrogens is 1. The molecule has 230 valence electrons. The van der Waals surface area contributed by atoms with Gasteiger partial charge < -0.3 is 25.2 Å². The molecule has 1 aliphatic rings. The van der Waals surface area contributed by atoms with Gasteiger partial charge in [0.1, 0.15) is 22.7 Å². The highest BCUT2D eigenvalue weighted by atomic mass is 19.1. The number of benzene rings is 3. The van der Waals surface area contributed by atoms with Gasteiger partial charge in [-0.2, -0.15) is 13.8 Å². The third-order valence-electron chi connectivity index (χ3n) is 7.92. The smallest absolute Gasteiger partial charge is 0.339 e. The number of hydrogen-bond donors (Lipinski definition) is 2. The van der Waals surface area contributed by atoms with Crippen LogP contribution in [0.1, 0.15) is 41.8 Å². The summed E-state index contributed by atoms with van der Waals surface area (Å²) in [7, 11) is 0. The number of pyridine rings is 1. The molecular weight excluding hydrogens is 566 g/mol. The van der Waals surface area contributed by atoms with Gasteiger partial charge in [0, 0.05) is 25.7 Å². The number of halogens is 2. The van der Waals surface area contributed by atoms with E-state index in [0.717, 1.165) is 36.2 Å². The largest absolute Gasteiger partial charge is 0.478 e. The van der Waals surface area contributed by atoms with E-state index in [4.69, 9.17) is 15.2 Å². The van der Waals surface area contributed by atoms with Crippen LogP contribution in [0.15, 0.2) is 66.7 Å². The van der Waals surface area contributed by atoms with E-state index in [1.807, 2.05) is 30.3 Å².